The first-order valence-electron chi connectivity index (χ1n) is 6.01. The van der Waals surface area contributed by atoms with Crippen molar-refractivity contribution < 1.29 is 0 Å². The molecule has 4 heteroatoms. The first-order chi connectivity index (χ1) is 9.04. The molecular formula is C15H16BrClN2. The Morgan fingerprint density at radius 3 is 2.26 bits per heavy atom. The van der Waals surface area contributed by atoms with Crippen LogP contribution in [-0.4, -0.2) is 0 Å². The summed E-state index contributed by atoms with van der Waals surface area (Å²) in [6.45, 7) is 4.14. The minimum absolute atomic E-state index is 0.112. The first kappa shape index (κ1) is 14.5. The second kappa shape index (κ2) is 6.06. The lowest BCUT2D eigenvalue weighted by Crippen LogP contribution is -2.29. The molecule has 0 heterocycles. The van der Waals surface area contributed by atoms with Gasteiger partial charge >= 0.3 is 0 Å². The summed E-state index contributed by atoms with van der Waals surface area (Å²) in [6.07, 6.45) is 0. The molecule has 0 aromatic heterocycles. The quantitative estimate of drug-likeness (QED) is 0.647. The van der Waals surface area contributed by atoms with Crippen molar-refractivity contribution in [3.8, 4) is 0 Å². The standard InChI is InChI=1S/C15H16BrClN2/c1-9-7-11(8-10(2)14(9)16)15(19-18)12-5-3-4-6-13(12)17/h3-8,15,19H,18H2,1-2H3. The maximum absolute atomic E-state index is 6.25. The molecule has 2 aromatic rings. The van der Waals surface area contributed by atoms with Crippen molar-refractivity contribution in [1.29, 1.82) is 0 Å². The molecule has 0 saturated heterocycles. The highest BCUT2D eigenvalue weighted by molar-refractivity contribution is 9.10. The van der Waals surface area contributed by atoms with Crippen LogP contribution in [0.15, 0.2) is 40.9 Å². The maximum atomic E-state index is 6.25. The predicted molar refractivity (Wildman–Crippen MR) is 84.2 cm³/mol. The Bertz CT molecular complexity index is 575. The summed E-state index contributed by atoms with van der Waals surface area (Å²) < 4.78 is 1.13. The molecule has 2 aromatic carbocycles. The van der Waals surface area contributed by atoms with Crippen LogP contribution in [0.25, 0.3) is 0 Å². The van der Waals surface area contributed by atoms with E-state index in [-0.39, 0.29) is 6.04 Å². The number of hydrazine groups is 1. The van der Waals surface area contributed by atoms with Crippen LogP contribution < -0.4 is 11.3 Å². The van der Waals surface area contributed by atoms with E-state index in [1.807, 2.05) is 24.3 Å². The summed E-state index contributed by atoms with van der Waals surface area (Å²) in [4.78, 5) is 0. The number of nitrogens with two attached hydrogens (primary N) is 1. The van der Waals surface area contributed by atoms with E-state index in [0.29, 0.717) is 5.02 Å². The minimum Gasteiger partial charge on any atom is -0.271 e. The van der Waals surface area contributed by atoms with Crippen LogP contribution in [0.3, 0.4) is 0 Å². The second-order valence-corrected chi connectivity index (χ2v) is 5.79. The third kappa shape index (κ3) is 3.00. The fourth-order valence-corrected chi connectivity index (χ4v) is 2.69. The summed E-state index contributed by atoms with van der Waals surface area (Å²) in [7, 11) is 0. The maximum Gasteiger partial charge on any atom is 0.0724 e. The Morgan fingerprint density at radius 2 is 1.74 bits per heavy atom. The highest BCUT2D eigenvalue weighted by Crippen LogP contribution is 2.31. The molecule has 0 amide bonds. The Morgan fingerprint density at radius 1 is 1.16 bits per heavy atom. The van der Waals surface area contributed by atoms with Gasteiger partial charge < -0.3 is 0 Å². The number of hydrogen-bond acceptors (Lipinski definition) is 2. The summed E-state index contributed by atoms with van der Waals surface area (Å²) in [5.41, 5.74) is 7.30. The van der Waals surface area contributed by atoms with Gasteiger partial charge in [-0.2, -0.15) is 0 Å². The fourth-order valence-electron chi connectivity index (χ4n) is 2.22. The predicted octanol–water partition coefficient (Wildman–Crippen LogP) is 4.27. The largest absolute Gasteiger partial charge is 0.271 e. The van der Waals surface area contributed by atoms with Gasteiger partial charge in [-0.05, 0) is 42.2 Å². The Balaban J connectivity index is 2.52. The van der Waals surface area contributed by atoms with Gasteiger partial charge in [0.05, 0.1) is 6.04 Å². The molecule has 1 unspecified atom stereocenters. The van der Waals surface area contributed by atoms with Crippen molar-refractivity contribution in [2.24, 2.45) is 5.84 Å². The number of nitrogens with one attached hydrogen (secondary N) is 1. The summed E-state index contributed by atoms with van der Waals surface area (Å²) in [6, 6.07) is 11.9. The molecule has 0 aliphatic rings. The van der Waals surface area contributed by atoms with E-state index in [0.717, 1.165) is 15.6 Å². The van der Waals surface area contributed by atoms with Gasteiger partial charge in [-0.15, -0.1) is 0 Å². The molecule has 0 bridgehead atoms. The number of aryl methyl sites for hydroxylation is 2. The van der Waals surface area contributed by atoms with E-state index >= 15 is 0 Å². The average molecular weight is 340 g/mol. The third-order valence-corrected chi connectivity index (χ3v) is 4.77. The van der Waals surface area contributed by atoms with Gasteiger partial charge in [-0.25, -0.2) is 5.43 Å². The van der Waals surface area contributed by atoms with Crippen LogP contribution in [0.1, 0.15) is 28.3 Å². The van der Waals surface area contributed by atoms with Gasteiger partial charge in [-0.1, -0.05) is 57.9 Å². The number of benzene rings is 2. The molecule has 3 N–H and O–H groups in total. The van der Waals surface area contributed by atoms with Crippen molar-refractivity contribution in [2.45, 2.75) is 19.9 Å². The molecule has 0 spiro atoms. The molecule has 0 saturated carbocycles. The molecular weight excluding hydrogens is 324 g/mol. The van der Waals surface area contributed by atoms with Crippen LogP contribution in [0, 0.1) is 13.8 Å². The number of hydrogen-bond donors (Lipinski definition) is 2. The molecule has 2 nitrogen and oxygen atoms in total. The molecule has 100 valence electrons. The fraction of sp³-hybridized carbons (Fsp3) is 0.200. The van der Waals surface area contributed by atoms with Gasteiger partial charge in [0, 0.05) is 9.50 Å². The molecule has 0 aliphatic carbocycles. The summed E-state index contributed by atoms with van der Waals surface area (Å²) >= 11 is 9.83. The lowest BCUT2D eigenvalue weighted by atomic mass is 9.96. The SMILES string of the molecule is Cc1cc(C(NN)c2ccccc2Cl)cc(C)c1Br. The lowest BCUT2D eigenvalue weighted by Gasteiger charge is -2.20. The monoisotopic (exact) mass is 338 g/mol. The summed E-state index contributed by atoms with van der Waals surface area (Å²) in [5, 5.41) is 0.712. The van der Waals surface area contributed by atoms with Crippen molar-refractivity contribution in [3.63, 3.8) is 0 Å². The molecule has 0 radical (unpaired) electrons. The number of rotatable bonds is 3. The molecule has 0 fully saturated rings. The highest BCUT2D eigenvalue weighted by atomic mass is 79.9. The van der Waals surface area contributed by atoms with Gasteiger partial charge in [-0.3, -0.25) is 5.84 Å². The molecule has 19 heavy (non-hydrogen) atoms. The van der Waals surface area contributed by atoms with Gasteiger partial charge in [0.2, 0.25) is 0 Å². The smallest absolute Gasteiger partial charge is 0.0724 e. The highest BCUT2D eigenvalue weighted by Gasteiger charge is 2.16. The zero-order valence-corrected chi connectivity index (χ0v) is 13.2. The zero-order chi connectivity index (χ0) is 14.0. The normalized spacial score (nSPS) is 12.5. The number of halogens is 2. The van der Waals surface area contributed by atoms with Gasteiger partial charge in [0.25, 0.3) is 0 Å². The lowest BCUT2D eigenvalue weighted by molar-refractivity contribution is 0.636. The van der Waals surface area contributed by atoms with E-state index in [1.54, 1.807) is 0 Å². The Hall–Kier alpha value is -0.870. The van der Waals surface area contributed by atoms with Crippen LogP contribution in [0.2, 0.25) is 5.02 Å². The van der Waals surface area contributed by atoms with Gasteiger partial charge in [0.15, 0.2) is 0 Å². The van der Waals surface area contributed by atoms with Crippen molar-refractivity contribution in [1.82, 2.24) is 5.43 Å². The van der Waals surface area contributed by atoms with E-state index in [9.17, 15) is 0 Å². The third-order valence-electron chi connectivity index (χ3n) is 3.18. The van der Waals surface area contributed by atoms with E-state index < -0.39 is 0 Å². The van der Waals surface area contributed by atoms with E-state index in [4.69, 9.17) is 17.4 Å². The van der Waals surface area contributed by atoms with Crippen LogP contribution in [0.4, 0.5) is 0 Å². The van der Waals surface area contributed by atoms with Crippen molar-refractivity contribution >= 4 is 27.5 Å². The Kier molecular flexibility index (Phi) is 4.63. The molecule has 0 aliphatic heterocycles. The minimum atomic E-state index is -0.112. The first-order valence-corrected chi connectivity index (χ1v) is 7.19. The topological polar surface area (TPSA) is 38.0 Å². The van der Waals surface area contributed by atoms with Crippen LogP contribution in [-0.2, 0) is 0 Å². The summed E-state index contributed by atoms with van der Waals surface area (Å²) in [5.74, 6) is 5.72. The van der Waals surface area contributed by atoms with Gasteiger partial charge in [0.1, 0.15) is 0 Å². The second-order valence-electron chi connectivity index (χ2n) is 4.59. The van der Waals surface area contributed by atoms with Crippen molar-refractivity contribution in [2.75, 3.05) is 0 Å². The molecule has 1 atom stereocenters. The van der Waals surface area contributed by atoms with E-state index in [1.165, 1.54) is 11.1 Å². The average Bonchev–Trinajstić information content (AvgIpc) is 2.39. The van der Waals surface area contributed by atoms with Crippen molar-refractivity contribution in [3.05, 3.63) is 68.1 Å². The van der Waals surface area contributed by atoms with Crippen LogP contribution in [0.5, 0.6) is 0 Å². The van der Waals surface area contributed by atoms with Crippen LogP contribution >= 0.6 is 27.5 Å². The zero-order valence-electron chi connectivity index (χ0n) is 10.9. The Labute approximate surface area is 127 Å². The van der Waals surface area contributed by atoms with E-state index in [2.05, 4.69) is 47.3 Å². The molecule has 2 rings (SSSR count).